The highest BCUT2D eigenvalue weighted by Crippen LogP contribution is 2.31. The Morgan fingerprint density at radius 3 is 2.57 bits per heavy atom. The summed E-state index contributed by atoms with van der Waals surface area (Å²) < 4.78 is 34.3. The van der Waals surface area contributed by atoms with Gasteiger partial charge in [0.2, 0.25) is 12.7 Å². The summed E-state index contributed by atoms with van der Waals surface area (Å²) in [4.78, 5) is 1.34. The lowest BCUT2D eigenvalue weighted by Gasteiger charge is -2.26. The number of rotatable bonds is 6. The lowest BCUT2D eigenvalue weighted by Crippen LogP contribution is -2.23. The van der Waals surface area contributed by atoms with E-state index in [4.69, 9.17) is 9.47 Å². The molecule has 0 unspecified atom stereocenters. The van der Waals surface area contributed by atoms with E-state index in [0.717, 1.165) is 11.8 Å². The topological polar surface area (TPSA) is 79.6 Å². The lowest BCUT2D eigenvalue weighted by atomic mass is 10.2. The summed E-state index contributed by atoms with van der Waals surface area (Å²) in [5.41, 5.74) is 0.946. The Morgan fingerprint density at radius 2 is 2.09 bits per heavy atom. The molecule has 1 aromatic rings. The second-order valence-corrected chi connectivity index (χ2v) is 7.43. The first-order chi connectivity index (χ1) is 11.0. The van der Waals surface area contributed by atoms with Crippen molar-refractivity contribution in [1.29, 1.82) is 5.26 Å². The van der Waals surface area contributed by atoms with E-state index in [-0.39, 0.29) is 11.7 Å². The minimum Gasteiger partial charge on any atom is -0.459 e. The highest BCUT2D eigenvalue weighted by molar-refractivity contribution is 8.03. The molecule has 0 atom stereocenters. The Labute approximate surface area is 139 Å². The van der Waals surface area contributed by atoms with Gasteiger partial charge in [0.05, 0.1) is 6.54 Å². The molecule has 0 amide bonds. The van der Waals surface area contributed by atoms with Gasteiger partial charge in [0.25, 0.3) is 0 Å². The fourth-order valence-corrected chi connectivity index (χ4v) is 3.91. The van der Waals surface area contributed by atoms with Crippen LogP contribution in [-0.4, -0.2) is 32.6 Å². The second-order valence-electron chi connectivity index (χ2n) is 4.68. The average molecular weight is 352 g/mol. The van der Waals surface area contributed by atoms with Crippen molar-refractivity contribution < 1.29 is 17.9 Å². The smallest absolute Gasteiger partial charge is 0.233 e. The van der Waals surface area contributed by atoms with Crippen molar-refractivity contribution in [2.75, 3.05) is 19.3 Å². The van der Waals surface area contributed by atoms with Gasteiger partial charge in [0.15, 0.2) is 14.7 Å². The largest absolute Gasteiger partial charge is 0.459 e. The van der Waals surface area contributed by atoms with Crippen LogP contribution in [0.25, 0.3) is 0 Å². The molecule has 122 valence electrons. The monoisotopic (exact) mass is 352 g/mol. The van der Waals surface area contributed by atoms with E-state index in [0.29, 0.717) is 17.5 Å². The number of allylic oxidation sites excluding steroid dienone is 1. The molecule has 0 fully saturated rings. The molecular formula is C15H16N2O4S2. The molecule has 23 heavy (non-hydrogen) atoms. The van der Waals surface area contributed by atoms with Crippen molar-refractivity contribution >= 4 is 21.6 Å². The van der Waals surface area contributed by atoms with Crippen LogP contribution in [0.3, 0.4) is 0 Å². The molecule has 0 N–H and O–H groups in total. The number of hydrogen-bond donors (Lipinski definition) is 0. The highest BCUT2D eigenvalue weighted by atomic mass is 32.2. The summed E-state index contributed by atoms with van der Waals surface area (Å²) in [6, 6.07) is 11.3. The van der Waals surface area contributed by atoms with Gasteiger partial charge in [-0.3, -0.25) is 4.90 Å². The van der Waals surface area contributed by atoms with Gasteiger partial charge in [-0.2, -0.15) is 5.26 Å². The quantitative estimate of drug-likeness (QED) is 0.727. The van der Waals surface area contributed by atoms with E-state index >= 15 is 0 Å². The van der Waals surface area contributed by atoms with E-state index in [1.165, 1.54) is 18.0 Å². The Balaban J connectivity index is 2.51. The molecular weight excluding hydrogens is 336 g/mol. The summed E-state index contributed by atoms with van der Waals surface area (Å²) in [5, 5.41) is 9.60. The summed E-state index contributed by atoms with van der Waals surface area (Å²) in [5.74, 6) is 0.370. The van der Waals surface area contributed by atoms with E-state index in [1.54, 1.807) is 17.2 Å². The first kappa shape index (κ1) is 17.2. The molecule has 1 heterocycles. The van der Waals surface area contributed by atoms with Crippen molar-refractivity contribution in [3.63, 3.8) is 0 Å². The number of thioether (sulfide) groups is 1. The zero-order chi connectivity index (χ0) is 16.9. The van der Waals surface area contributed by atoms with E-state index in [2.05, 4.69) is 0 Å². The van der Waals surface area contributed by atoms with E-state index < -0.39 is 9.84 Å². The molecule has 1 aliphatic rings. The van der Waals surface area contributed by atoms with Gasteiger partial charge in [-0.15, -0.1) is 11.8 Å². The molecule has 1 aliphatic heterocycles. The summed E-state index contributed by atoms with van der Waals surface area (Å²) >= 11 is 1.17. The molecule has 8 heteroatoms. The number of sulfone groups is 1. The van der Waals surface area contributed by atoms with Crippen molar-refractivity contribution in [1.82, 2.24) is 4.90 Å². The van der Waals surface area contributed by atoms with Crippen LogP contribution in [-0.2, 0) is 25.9 Å². The van der Waals surface area contributed by atoms with Crippen LogP contribution >= 0.6 is 11.8 Å². The number of nitriles is 1. The van der Waals surface area contributed by atoms with Crippen molar-refractivity contribution in [3.8, 4) is 6.07 Å². The van der Waals surface area contributed by atoms with Crippen LogP contribution in [0.1, 0.15) is 5.56 Å². The highest BCUT2D eigenvalue weighted by Gasteiger charge is 2.27. The maximum atomic E-state index is 11.9. The Kier molecular flexibility index (Phi) is 5.58. The van der Waals surface area contributed by atoms with Crippen LogP contribution in [0.2, 0.25) is 0 Å². The van der Waals surface area contributed by atoms with Crippen molar-refractivity contribution in [2.45, 2.75) is 6.54 Å². The first-order valence-corrected chi connectivity index (χ1v) is 9.73. The first-order valence-electron chi connectivity index (χ1n) is 6.62. The molecule has 1 aromatic carbocycles. The number of ether oxygens (including phenoxy) is 2. The fraction of sp³-hybridized carbons (Fsp3) is 0.267. The zero-order valence-electron chi connectivity index (χ0n) is 12.7. The molecule has 0 radical (unpaired) electrons. The predicted octanol–water partition coefficient (Wildman–Crippen LogP) is 2.39. The number of benzene rings is 1. The maximum Gasteiger partial charge on any atom is 0.233 e. The number of hydrogen-bond acceptors (Lipinski definition) is 7. The Bertz CT molecular complexity index is 764. The Hall–Kier alpha value is -2.11. The standard InChI is InChI=1S/C15H16N2O4S2/c1-22-15(13(8-16)23(2,18)19)17(14-10-20-11-21-14)9-12-6-4-3-5-7-12/h3-7,10H,9,11H2,1-2H3. The van der Waals surface area contributed by atoms with Gasteiger partial charge >= 0.3 is 0 Å². The second kappa shape index (κ2) is 7.44. The van der Waals surface area contributed by atoms with Crippen molar-refractivity contribution in [3.05, 3.63) is 58.0 Å². The molecule has 0 saturated carbocycles. The third-order valence-electron chi connectivity index (χ3n) is 3.01. The van der Waals surface area contributed by atoms with Crippen LogP contribution in [0.15, 0.2) is 52.4 Å². The third-order valence-corrected chi connectivity index (χ3v) is 4.98. The molecule has 0 aromatic heterocycles. The third kappa shape index (κ3) is 4.21. The van der Waals surface area contributed by atoms with E-state index in [1.807, 2.05) is 30.3 Å². The summed E-state index contributed by atoms with van der Waals surface area (Å²) in [6.07, 6.45) is 4.14. The van der Waals surface area contributed by atoms with Crippen LogP contribution in [0.5, 0.6) is 0 Å². The molecule has 0 spiro atoms. The average Bonchev–Trinajstić information content (AvgIpc) is 3.04. The van der Waals surface area contributed by atoms with Gasteiger partial charge < -0.3 is 9.47 Å². The fourth-order valence-electron chi connectivity index (χ4n) is 2.01. The summed E-state index contributed by atoms with van der Waals surface area (Å²) in [7, 11) is -3.66. The normalized spacial score (nSPS) is 14.9. The minimum atomic E-state index is -3.66. The minimum absolute atomic E-state index is 0.0586. The summed E-state index contributed by atoms with van der Waals surface area (Å²) in [6.45, 7) is 0.413. The van der Waals surface area contributed by atoms with Crippen LogP contribution < -0.4 is 0 Å². The van der Waals surface area contributed by atoms with Gasteiger partial charge in [0.1, 0.15) is 17.4 Å². The molecule has 6 nitrogen and oxygen atoms in total. The molecule has 0 bridgehead atoms. The lowest BCUT2D eigenvalue weighted by molar-refractivity contribution is 0.0556. The molecule has 0 aliphatic carbocycles. The van der Waals surface area contributed by atoms with Crippen LogP contribution in [0.4, 0.5) is 0 Å². The van der Waals surface area contributed by atoms with Gasteiger partial charge in [-0.25, -0.2) is 8.42 Å². The number of nitrogens with zero attached hydrogens (tertiary/aromatic N) is 2. The van der Waals surface area contributed by atoms with E-state index in [9.17, 15) is 13.7 Å². The Morgan fingerprint density at radius 1 is 1.39 bits per heavy atom. The van der Waals surface area contributed by atoms with Gasteiger partial charge in [-0.1, -0.05) is 30.3 Å². The van der Waals surface area contributed by atoms with Gasteiger partial charge in [0, 0.05) is 6.26 Å². The molecule has 2 rings (SSSR count). The van der Waals surface area contributed by atoms with Crippen molar-refractivity contribution in [2.24, 2.45) is 0 Å². The molecule has 0 saturated heterocycles. The van der Waals surface area contributed by atoms with Crippen LogP contribution in [0, 0.1) is 11.3 Å². The SMILES string of the molecule is CSC(=C(C#N)S(C)(=O)=O)N(Cc1ccccc1)C1=COCO1. The van der Waals surface area contributed by atoms with Gasteiger partial charge in [-0.05, 0) is 11.8 Å². The predicted molar refractivity (Wildman–Crippen MR) is 88.1 cm³/mol. The zero-order valence-corrected chi connectivity index (χ0v) is 14.4. The maximum absolute atomic E-state index is 11.9.